The smallest absolute Gasteiger partial charge is 0.253 e. The highest BCUT2D eigenvalue weighted by atomic mass is 16.5. The van der Waals surface area contributed by atoms with Crippen molar-refractivity contribution >= 4 is 17.5 Å². The first-order chi connectivity index (χ1) is 15.6. The lowest BCUT2D eigenvalue weighted by Crippen LogP contribution is -2.27. The predicted molar refractivity (Wildman–Crippen MR) is 124 cm³/mol. The fourth-order valence-corrected chi connectivity index (χ4v) is 3.35. The molecule has 2 amide bonds. The molecule has 3 aromatic rings. The molecule has 164 valence electrons. The largest absolute Gasteiger partial charge is 0.497 e. The highest BCUT2D eigenvalue weighted by Gasteiger charge is 2.25. The maximum Gasteiger partial charge on any atom is 0.253 e. The number of anilines is 1. The maximum absolute atomic E-state index is 12.6. The van der Waals surface area contributed by atoms with E-state index in [0.717, 1.165) is 29.7 Å². The molecule has 2 N–H and O–H groups in total. The number of rotatable bonds is 9. The molecule has 32 heavy (non-hydrogen) atoms. The minimum absolute atomic E-state index is 0.152. The van der Waals surface area contributed by atoms with Gasteiger partial charge in [-0.15, -0.1) is 0 Å². The van der Waals surface area contributed by atoms with Crippen molar-refractivity contribution in [1.29, 1.82) is 0 Å². The third kappa shape index (κ3) is 5.46. The van der Waals surface area contributed by atoms with Crippen molar-refractivity contribution in [2.24, 2.45) is 0 Å². The third-order valence-corrected chi connectivity index (χ3v) is 5.22. The van der Waals surface area contributed by atoms with Crippen LogP contribution in [-0.2, 0) is 4.79 Å². The zero-order valence-corrected chi connectivity index (χ0v) is 18.0. The van der Waals surface area contributed by atoms with E-state index < -0.39 is 0 Å². The molecule has 0 aliphatic heterocycles. The number of hydrogen-bond donors (Lipinski definition) is 2. The van der Waals surface area contributed by atoms with Crippen molar-refractivity contribution in [3.8, 4) is 22.6 Å². The summed E-state index contributed by atoms with van der Waals surface area (Å²) >= 11 is 0. The monoisotopic (exact) mass is 430 g/mol. The molecule has 0 heterocycles. The van der Waals surface area contributed by atoms with E-state index >= 15 is 0 Å². The van der Waals surface area contributed by atoms with Gasteiger partial charge in [0.05, 0.1) is 31.4 Å². The molecule has 1 saturated carbocycles. The standard InChI is InChI=1S/C26H26N2O4/c1-31-20-13-14-23(22(17-20)26(30)27-19-11-12-19)28-25(29)15-16-32-24-10-6-5-9-21(24)18-7-3-2-4-8-18/h2-10,13-14,17,19H,11-12,15-16H2,1H3,(H,27,30)(H,28,29). The van der Waals surface area contributed by atoms with Crippen LogP contribution in [0.3, 0.4) is 0 Å². The van der Waals surface area contributed by atoms with Crippen molar-refractivity contribution in [1.82, 2.24) is 5.32 Å². The molecule has 0 unspecified atom stereocenters. The van der Waals surface area contributed by atoms with Crippen LogP contribution in [0, 0.1) is 0 Å². The first-order valence-corrected chi connectivity index (χ1v) is 10.7. The Bertz CT molecular complexity index is 1090. The number of amides is 2. The molecule has 0 saturated heterocycles. The summed E-state index contributed by atoms with van der Waals surface area (Å²) < 4.78 is 11.1. The molecule has 1 aliphatic rings. The Labute approximate surface area is 187 Å². The molecule has 3 aromatic carbocycles. The zero-order valence-electron chi connectivity index (χ0n) is 18.0. The first kappa shape index (κ1) is 21.4. The third-order valence-electron chi connectivity index (χ3n) is 5.22. The summed E-state index contributed by atoms with van der Waals surface area (Å²) in [5.74, 6) is 0.841. The molecule has 0 spiro atoms. The fourth-order valence-electron chi connectivity index (χ4n) is 3.35. The lowest BCUT2D eigenvalue weighted by molar-refractivity contribution is -0.116. The van der Waals surface area contributed by atoms with Gasteiger partial charge in [0.1, 0.15) is 11.5 Å². The van der Waals surface area contributed by atoms with E-state index in [4.69, 9.17) is 9.47 Å². The topological polar surface area (TPSA) is 76.7 Å². The van der Waals surface area contributed by atoms with E-state index in [1.165, 1.54) is 0 Å². The Balaban J connectivity index is 1.38. The quantitative estimate of drug-likeness (QED) is 0.518. The van der Waals surface area contributed by atoms with Gasteiger partial charge in [-0.1, -0.05) is 48.5 Å². The van der Waals surface area contributed by atoms with Gasteiger partial charge in [0.15, 0.2) is 0 Å². The SMILES string of the molecule is COc1ccc(NC(=O)CCOc2ccccc2-c2ccccc2)c(C(=O)NC2CC2)c1. The number of ether oxygens (including phenoxy) is 2. The normalized spacial score (nSPS) is 12.7. The molecule has 0 bridgehead atoms. The second-order valence-electron chi connectivity index (χ2n) is 7.67. The fraction of sp³-hybridized carbons (Fsp3) is 0.231. The molecule has 0 aromatic heterocycles. The van der Waals surface area contributed by atoms with E-state index in [9.17, 15) is 9.59 Å². The van der Waals surface area contributed by atoms with Crippen LogP contribution in [-0.4, -0.2) is 31.6 Å². The van der Waals surface area contributed by atoms with Crippen LogP contribution in [0.2, 0.25) is 0 Å². The van der Waals surface area contributed by atoms with Gasteiger partial charge in [-0.05, 0) is 42.7 Å². The van der Waals surface area contributed by atoms with Crippen LogP contribution in [0.5, 0.6) is 11.5 Å². The zero-order chi connectivity index (χ0) is 22.3. The van der Waals surface area contributed by atoms with E-state index in [1.807, 2.05) is 54.6 Å². The van der Waals surface area contributed by atoms with Gasteiger partial charge >= 0.3 is 0 Å². The van der Waals surface area contributed by atoms with Crippen molar-refractivity contribution in [3.63, 3.8) is 0 Å². The maximum atomic E-state index is 12.6. The molecule has 0 radical (unpaired) electrons. The van der Waals surface area contributed by atoms with Crippen molar-refractivity contribution in [2.45, 2.75) is 25.3 Å². The molecular formula is C26H26N2O4. The number of carbonyl (C=O) groups is 2. The summed E-state index contributed by atoms with van der Waals surface area (Å²) in [4.78, 5) is 25.2. The lowest BCUT2D eigenvalue weighted by Gasteiger charge is -2.14. The minimum atomic E-state index is -0.229. The van der Waals surface area contributed by atoms with Crippen LogP contribution in [0.4, 0.5) is 5.69 Å². The number of para-hydroxylation sites is 1. The van der Waals surface area contributed by atoms with Crippen LogP contribution >= 0.6 is 0 Å². The van der Waals surface area contributed by atoms with Crippen molar-refractivity contribution < 1.29 is 19.1 Å². The second kappa shape index (κ2) is 10.0. The Kier molecular flexibility index (Phi) is 6.70. The average Bonchev–Trinajstić information content (AvgIpc) is 3.64. The van der Waals surface area contributed by atoms with Crippen LogP contribution < -0.4 is 20.1 Å². The van der Waals surface area contributed by atoms with Crippen molar-refractivity contribution in [2.75, 3.05) is 19.0 Å². The van der Waals surface area contributed by atoms with E-state index in [0.29, 0.717) is 17.0 Å². The second-order valence-corrected chi connectivity index (χ2v) is 7.67. The molecular weight excluding hydrogens is 404 g/mol. The van der Waals surface area contributed by atoms with Gasteiger partial charge in [0.2, 0.25) is 5.91 Å². The van der Waals surface area contributed by atoms with E-state index in [-0.39, 0.29) is 30.9 Å². The van der Waals surface area contributed by atoms with Crippen molar-refractivity contribution in [3.05, 3.63) is 78.4 Å². The Hall–Kier alpha value is -3.80. The molecule has 4 rings (SSSR count). The molecule has 0 atom stereocenters. The highest BCUT2D eigenvalue weighted by molar-refractivity contribution is 6.04. The lowest BCUT2D eigenvalue weighted by atomic mass is 10.1. The number of nitrogens with one attached hydrogen (secondary N) is 2. The van der Waals surface area contributed by atoms with Gasteiger partial charge in [0.25, 0.3) is 5.91 Å². The minimum Gasteiger partial charge on any atom is -0.497 e. The number of hydrogen-bond acceptors (Lipinski definition) is 4. The number of methoxy groups -OCH3 is 1. The molecule has 6 heteroatoms. The van der Waals surface area contributed by atoms with Gasteiger partial charge in [0, 0.05) is 11.6 Å². The van der Waals surface area contributed by atoms with Crippen LogP contribution in [0.15, 0.2) is 72.8 Å². The number of benzene rings is 3. The highest BCUT2D eigenvalue weighted by Crippen LogP contribution is 2.30. The predicted octanol–water partition coefficient (Wildman–Crippen LogP) is 4.66. The van der Waals surface area contributed by atoms with Gasteiger partial charge in [-0.2, -0.15) is 0 Å². The summed E-state index contributed by atoms with van der Waals surface area (Å²) in [6.45, 7) is 0.218. The van der Waals surface area contributed by atoms with Gasteiger partial charge in [-0.25, -0.2) is 0 Å². The molecule has 1 aliphatic carbocycles. The summed E-state index contributed by atoms with van der Waals surface area (Å²) in [6, 6.07) is 23.0. The summed E-state index contributed by atoms with van der Waals surface area (Å²) in [5, 5.41) is 5.78. The average molecular weight is 431 g/mol. The van der Waals surface area contributed by atoms with Crippen LogP contribution in [0.25, 0.3) is 11.1 Å². The van der Waals surface area contributed by atoms with Gasteiger partial charge in [-0.3, -0.25) is 9.59 Å². The van der Waals surface area contributed by atoms with E-state index in [1.54, 1.807) is 25.3 Å². The van der Waals surface area contributed by atoms with E-state index in [2.05, 4.69) is 10.6 Å². The summed E-state index contributed by atoms with van der Waals surface area (Å²) in [5.41, 5.74) is 2.87. The Morgan fingerprint density at radius 3 is 2.47 bits per heavy atom. The Morgan fingerprint density at radius 1 is 0.969 bits per heavy atom. The molecule has 1 fully saturated rings. The number of carbonyl (C=O) groups excluding carboxylic acids is 2. The Morgan fingerprint density at radius 2 is 1.72 bits per heavy atom. The van der Waals surface area contributed by atoms with Gasteiger partial charge < -0.3 is 20.1 Å². The first-order valence-electron chi connectivity index (χ1n) is 10.7. The summed E-state index contributed by atoms with van der Waals surface area (Å²) in [7, 11) is 1.54. The van der Waals surface area contributed by atoms with Crippen LogP contribution in [0.1, 0.15) is 29.6 Å². The molecule has 6 nitrogen and oxygen atoms in total. The summed E-state index contributed by atoms with van der Waals surface area (Å²) in [6.07, 6.45) is 2.12.